The molecule has 364 valence electrons. The minimum atomic E-state index is -2.48. The molecule has 0 aliphatic heterocycles. The van der Waals surface area contributed by atoms with Crippen LogP contribution >= 0.6 is 0 Å². The van der Waals surface area contributed by atoms with Crippen LogP contribution in [0.2, 0.25) is 0 Å². The Morgan fingerprint density at radius 2 is 0.908 bits per heavy atom. The van der Waals surface area contributed by atoms with Gasteiger partial charge in [0, 0.05) is 28.3 Å². The number of ether oxygens (including phenoxy) is 5. The van der Waals surface area contributed by atoms with Gasteiger partial charge in [-0.1, -0.05) is 91.1 Å². The van der Waals surface area contributed by atoms with E-state index in [1.165, 1.54) is 40.6 Å². The highest BCUT2D eigenvalue weighted by molar-refractivity contribution is 5.92. The average Bonchev–Trinajstić information content (AvgIpc) is 3.28. The van der Waals surface area contributed by atoms with Crippen LogP contribution in [0.1, 0.15) is 87.1 Å². The Balaban J connectivity index is 0.00000207. The van der Waals surface area contributed by atoms with Gasteiger partial charge in [-0.15, -0.1) is 0 Å². The fourth-order valence-electron chi connectivity index (χ4n) is 6.41. The van der Waals surface area contributed by atoms with Gasteiger partial charge in [-0.2, -0.15) is 8.78 Å². The minimum Gasteiger partial charge on any atom is -0.451 e. The number of halogens is 5. The van der Waals surface area contributed by atoms with Crippen LogP contribution in [-0.4, -0.2) is 121 Å². The van der Waals surface area contributed by atoms with E-state index in [2.05, 4.69) is 4.74 Å². The van der Waals surface area contributed by atoms with Gasteiger partial charge in [-0.25, -0.2) is 32.3 Å². The summed E-state index contributed by atoms with van der Waals surface area (Å²) in [4.78, 5) is 94.0. The molecule has 0 N–H and O–H groups in total. The van der Waals surface area contributed by atoms with Crippen LogP contribution in [0.4, 0.5) is 22.0 Å². The summed E-state index contributed by atoms with van der Waals surface area (Å²) in [5.41, 5.74) is 1.22. The maximum atomic E-state index is 14.1. The molecule has 0 saturated carbocycles. The maximum absolute atomic E-state index is 14.1. The van der Waals surface area contributed by atoms with Crippen LogP contribution in [-0.2, 0) is 59.1 Å². The Bertz CT molecular complexity index is 1910. The standard InChI is InChI=1S/C37H52F5N3O11.C8H10O/c1-13-17(4)28(43(10)16-46)35(50)53-20(7)32(47)44(11)29(18(5)14-2)36(51)54-21(8)33(48)45(12)30(19(6)15-3)37(52)55-22(9)34(49)56-31-26(41)24(39)23(38)25(40)27(31)42;1-9-7-8-5-3-2-4-6-8/h16-22,28-30H,13-15H2,1-12H3;2-6H,7H2,1H3. The van der Waals surface area contributed by atoms with Crippen molar-refractivity contribution in [1.82, 2.24) is 14.7 Å². The highest BCUT2D eigenvalue weighted by Crippen LogP contribution is 2.30. The van der Waals surface area contributed by atoms with E-state index in [-0.39, 0.29) is 12.3 Å². The molecule has 15 nitrogen and oxygen atoms in total. The number of likely N-dealkylation sites (N-methyl/N-ethyl adjacent to an activating group) is 3. The lowest BCUT2D eigenvalue weighted by molar-refractivity contribution is -0.174. The molecule has 0 bridgehead atoms. The number of methoxy groups -OCH3 is 1. The Labute approximate surface area is 376 Å². The molecule has 0 fully saturated rings. The first kappa shape index (κ1) is 57.4. The normalized spacial score (nSPS) is 15.1. The Hall–Kier alpha value is -5.66. The molecule has 0 spiro atoms. The van der Waals surface area contributed by atoms with Crippen LogP contribution in [0.5, 0.6) is 5.75 Å². The molecular formula is C45H62F5N3O12. The summed E-state index contributed by atoms with van der Waals surface area (Å²) >= 11 is 0. The third kappa shape index (κ3) is 15.5. The zero-order chi connectivity index (χ0) is 50.0. The monoisotopic (exact) mass is 931 g/mol. The van der Waals surface area contributed by atoms with Crippen molar-refractivity contribution in [1.29, 1.82) is 0 Å². The first-order valence-corrected chi connectivity index (χ1v) is 21.0. The van der Waals surface area contributed by atoms with Crippen molar-refractivity contribution in [3.63, 3.8) is 0 Å². The summed E-state index contributed by atoms with van der Waals surface area (Å²) in [5, 5.41) is 0. The predicted octanol–water partition coefficient (Wildman–Crippen LogP) is 6.16. The lowest BCUT2D eigenvalue weighted by Gasteiger charge is -2.35. The first-order chi connectivity index (χ1) is 30.4. The second kappa shape index (κ2) is 27.0. The summed E-state index contributed by atoms with van der Waals surface area (Å²) in [6, 6.07) is 6.39. The van der Waals surface area contributed by atoms with Crippen LogP contribution in [0.15, 0.2) is 30.3 Å². The third-order valence-electron chi connectivity index (χ3n) is 10.8. The van der Waals surface area contributed by atoms with E-state index in [9.17, 15) is 55.5 Å². The van der Waals surface area contributed by atoms with E-state index < -0.39 is 119 Å². The molecule has 9 unspecified atom stereocenters. The molecule has 0 aromatic heterocycles. The number of carbonyl (C=O) groups excluding carboxylic acids is 7. The molecule has 0 saturated heterocycles. The summed E-state index contributed by atoms with van der Waals surface area (Å²) < 4.78 is 94.0. The van der Waals surface area contributed by atoms with Crippen molar-refractivity contribution in [2.75, 3.05) is 28.3 Å². The second-order valence-electron chi connectivity index (χ2n) is 15.6. The lowest BCUT2D eigenvalue weighted by Crippen LogP contribution is -2.54. The van der Waals surface area contributed by atoms with Gasteiger partial charge in [0.1, 0.15) is 18.1 Å². The van der Waals surface area contributed by atoms with E-state index >= 15 is 0 Å². The lowest BCUT2D eigenvalue weighted by atomic mass is 9.97. The molecule has 0 heterocycles. The Morgan fingerprint density at radius 3 is 1.28 bits per heavy atom. The van der Waals surface area contributed by atoms with Crippen LogP contribution < -0.4 is 4.74 Å². The van der Waals surface area contributed by atoms with Crippen LogP contribution in [0.3, 0.4) is 0 Å². The second-order valence-corrected chi connectivity index (χ2v) is 15.6. The number of benzene rings is 2. The number of nitrogens with zero attached hydrogens (tertiary/aromatic N) is 3. The summed E-state index contributed by atoms with van der Waals surface area (Å²) in [5.74, 6) is -22.0. The van der Waals surface area contributed by atoms with Gasteiger partial charge in [-0.3, -0.25) is 14.4 Å². The van der Waals surface area contributed by atoms with Crippen LogP contribution in [0.25, 0.3) is 0 Å². The topological polar surface area (TPSA) is 175 Å². The molecular weight excluding hydrogens is 869 g/mol. The minimum absolute atomic E-state index is 0.254. The molecule has 0 radical (unpaired) electrons. The first-order valence-electron chi connectivity index (χ1n) is 21.0. The van der Waals surface area contributed by atoms with Crippen molar-refractivity contribution in [2.45, 2.75) is 125 Å². The van der Waals surface area contributed by atoms with E-state index in [0.717, 1.165) is 21.6 Å². The van der Waals surface area contributed by atoms with E-state index in [0.29, 0.717) is 25.9 Å². The highest BCUT2D eigenvalue weighted by Gasteiger charge is 2.41. The largest absolute Gasteiger partial charge is 0.451 e. The van der Waals surface area contributed by atoms with Gasteiger partial charge in [0.2, 0.25) is 41.2 Å². The number of carbonyl (C=O) groups is 7. The average molecular weight is 932 g/mol. The molecule has 0 aliphatic rings. The zero-order valence-corrected chi connectivity index (χ0v) is 39.1. The molecule has 2 aromatic rings. The van der Waals surface area contributed by atoms with E-state index in [1.807, 2.05) is 37.3 Å². The van der Waals surface area contributed by atoms with Gasteiger partial charge in [0.05, 0.1) is 6.61 Å². The quantitative estimate of drug-likeness (QED) is 0.0250. The molecule has 9 atom stereocenters. The number of amides is 3. The highest BCUT2D eigenvalue weighted by atomic mass is 19.2. The van der Waals surface area contributed by atoms with Crippen molar-refractivity contribution in [3.05, 3.63) is 65.0 Å². The van der Waals surface area contributed by atoms with Gasteiger partial charge in [-0.05, 0) is 44.1 Å². The summed E-state index contributed by atoms with van der Waals surface area (Å²) in [6.45, 7) is 14.3. The third-order valence-corrected chi connectivity index (χ3v) is 10.8. The van der Waals surface area contributed by atoms with Gasteiger partial charge >= 0.3 is 23.9 Å². The fourth-order valence-corrected chi connectivity index (χ4v) is 6.41. The molecule has 2 aromatic carbocycles. The Morgan fingerprint density at radius 1 is 0.554 bits per heavy atom. The SMILES string of the molecule is CCC(C)C(C(=O)OC(C)C(=O)N(C)C(C(=O)OC(C)C(=O)N(C)C(C(=O)OC(C)C(=O)Oc1c(F)c(F)c(F)c(F)c1F)C(C)CC)C(C)CC)N(C)C=O.COCc1ccccc1. The molecule has 65 heavy (non-hydrogen) atoms. The fraction of sp³-hybridized carbons (Fsp3) is 0.578. The van der Waals surface area contributed by atoms with E-state index in [4.69, 9.17) is 18.9 Å². The maximum Gasteiger partial charge on any atom is 0.352 e. The number of hydrogen-bond donors (Lipinski definition) is 0. The van der Waals surface area contributed by atoms with Crippen molar-refractivity contribution in [3.8, 4) is 5.75 Å². The van der Waals surface area contributed by atoms with Crippen LogP contribution in [0, 0.1) is 46.8 Å². The summed E-state index contributed by atoms with van der Waals surface area (Å²) in [6.07, 6.45) is -3.32. The molecule has 0 aliphatic carbocycles. The summed E-state index contributed by atoms with van der Waals surface area (Å²) in [7, 11) is 5.57. The van der Waals surface area contributed by atoms with Crippen molar-refractivity contribution < 1.29 is 79.2 Å². The molecule has 20 heteroatoms. The smallest absolute Gasteiger partial charge is 0.352 e. The van der Waals surface area contributed by atoms with Crippen molar-refractivity contribution in [2.24, 2.45) is 17.8 Å². The van der Waals surface area contributed by atoms with Gasteiger partial charge in [0.25, 0.3) is 11.8 Å². The van der Waals surface area contributed by atoms with Gasteiger partial charge < -0.3 is 38.4 Å². The number of hydrogen-bond acceptors (Lipinski definition) is 12. The zero-order valence-electron chi connectivity index (χ0n) is 39.1. The number of esters is 4. The van der Waals surface area contributed by atoms with Gasteiger partial charge in [0.15, 0.2) is 18.3 Å². The van der Waals surface area contributed by atoms with E-state index in [1.54, 1.807) is 41.7 Å². The van der Waals surface area contributed by atoms with Crippen molar-refractivity contribution >= 4 is 42.1 Å². The molecule has 3 amide bonds. The Kier molecular flexibility index (Phi) is 23.8. The molecule has 2 rings (SSSR count). The number of rotatable bonds is 22. The predicted molar refractivity (Wildman–Crippen MR) is 225 cm³/mol.